The SMILES string of the molecule is CCCS(=O)(=O)Nc1cc(F)c(F)c(C(=O)c2ccc3ncoc3c2)c1. The highest BCUT2D eigenvalue weighted by molar-refractivity contribution is 7.92. The van der Waals surface area contributed by atoms with E-state index in [0.717, 1.165) is 6.07 Å². The minimum absolute atomic E-state index is 0.0566. The number of benzene rings is 2. The Morgan fingerprint density at radius 1 is 1.23 bits per heavy atom. The fourth-order valence-corrected chi connectivity index (χ4v) is 3.58. The number of hydrogen-bond donors (Lipinski definition) is 1. The number of rotatable bonds is 6. The number of aromatic nitrogens is 1. The van der Waals surface area contributed by atoms with Gasteiger partial charge in [-0.1, -0.05) is 6.92 Å². The monoisotopic (exact) mass is 380 g/mol. The van der Waals surface area contributed by atoms with Crippen molar-refractivity contribution in [2.75, 3.05) is 10.5 Å². The first kappa shape index (κ1) is 18.0. The summed E-state index contributed by atoms with van der Waals surface area (Å²) in [6.07, 6.45) is 1.55. The number of halogens is 2. The second-order valence-electron chi connectivity index (χ2n) is 5.60. The molecule has 0 aliphatic heterocycles. The van der Waals surface area contributed by atoms with E-state index in [1.54, 1.807) is 6.92 Å². The van der Waals surface area contributed by atoms with Crippen LogP contribution in [0.1, 0.15) is 29.3 Å². The molecule has 0 radical (unpaired) electrons. The van der Waals surface area contributed by atoms with Crippen molar-refractivity contribution in [1.29, 1.82) is 0 Å². The highest BCUT2D eigenvalue weighted by Gasteiger charge is 2.21. The average Bonchev–Trinajstić information content (AvgIpc) is 3.04. The number of sulfonamides is 1. The summed E-state index contributed by atoms with van der Waals surface area (Å²) in [4.78, 5) is 16.5. The highest BCUT2D eigenvalue weighted by Crippen LogP contribution is 2.24. The quantitative estimate of drug-likeness (QED) is 0.661. The molecule has 6 nitrogen and oxygen atoms in total. The van der Waals surface area contributed by atoms with Gasteiger partial charge in [0, 0.05) is 11.6 Å². The Labute approximate surface area is 147 Å². The molecule has 136 valence electrons. The van der Waals surface area contributed by atoms with E-state index in [-0.39, 0.29) is 17.0 Å². The highest BCUT2D eigenvalue weighted by atomic mass is 32.2. The van der Waals surface area contributed by atoms with Gasteiger partial charge in [-0.2, -0.15) is 0 Å². The lowest BCUT2D eigenvalue weighted by atomic mass is 10.0. The van der Waals surface area contributed by atoms with Crippen molar-refractivity contribution in [1.82, 2.24) is 4.98 Å². The van der Waals surface area contributed by atoms with Gasteiger partial charge in [-0.05, 0) is 30.7 Å². The van der Waals surface area contributed by atoms with Crippen LogP contribution in [0.3, 0.4) is 0 Å². The molecule has 0 saturated heterocycles. The van der Waals surface area contributed by atoms with Gasteiger partial charge in [0.1, 0.15) is 5.52 Å². The van der Waals surface area contributed by atoms with Gasteiger partial charge in [-0.25, -0.2) is 22.2 Å². The molecule has 0 fully saturated rings. The average molecular weight is 380 g/mol. The smallest absolute Gasteiger partial charge is 0.232 e. The van der Waals surface area contributed by atoms with E-state index >= 15 is 0 Å². The van der Waals surface area contributed by atoms with Gasteiger partial charge in [0.05, 0.1) is 17.0 Å². The molecule has 1 N–H and O–H groups in total. The summed E-state index contributed by atoms with van der Waals surface area (Å²) in [5.41, 5.74) is 0.0754. The van der Waals surface area contributed by atoms with Crippen molar-refractivity contribution in [2.24, 2.45) is 0 Å². The van der Waals surface area contributed by atoms with Crippen LogP contribution in [0.25, 0.3) is 11.1 Å². The molecular formula is C17H14F2N2O4S. The predicted octanol–water partition coefficient (Wildman–Crippen LogP) is 3.49. The van der Waals surface area contributed by atoms with Gasteiger partial charge < -0.3 is 4.42 Å². The summed E-state index contributed by atoms with van der Waals surface area (Å²) in [5.74, 6) is -3.68. The molecule has 0 saturated carbocycles. The van der Waals surface area contributed by atoms with E-state index < -0.39 is 33.0 Å². The zero-order chi connectivity index (χ0) is 18.9. The number of carbonyl (C=O) groups is 1. The molecule has 0 unspecified atom stereocenters. The van der Waals surface area contributed by atoms with Gasteiger partial charge in [0.25, 0.3) is 0 Å². The number of hydrogen-bond acceptors (Lipinski definition) is 5. The summed E-state index contributed by atoms with van der Waals surface area (Å²) in [6, 6.07) is 5.93. The Morgan fingerprint density at radius 3 is 2.73 bits per heavy atom. The van der Waals surface area contributed by atoms with Crippen molar-refractivity contribution in [3.8, 4) is 0 Å². The zero-order valence-electron chi connectivity index (χ0n) is 13.6. The lowest BCUT2D eigenvalue weighted by molar-refractivity contribution is 0.103. The standard InChI is InChI=1S/C17H14F2N2O4S/c1-2-5-26(23,24)21-11-7-12(16(19)13(18)8-11)17(22)10-3-4-14-15(6-10)25-9-20-14/h3-4,6-9,21H,2,5H2,1H3. The van der Waals surface area contributed by atoms with Crippen LogP contribution in [0.15, 0.2) is 41.1 Å². The van der Waals surface area contributed by atoms with Gasteiger partial charge in [0.15, 0.2) is 29.4 Å². The summed E-state index contributed by atoms with van der Waals surface area (Å²) in [5, 5.41) is 0. The molecule has 9 heteroatoms. The Balaban J connectivity index is 2.01. The number of nitrogens with one attached hydrogen (secondary N) is 1. The summed E-state index contributed by atoms with van der Waals surface area (Å²) in [7, 11) is -3.72. The lowest BCUT2D eigenvalue weighted by Gasteiger charge is -2.10. The van der Waals surface area contributed by atoms with Crippen LogP contribution in [0.4, 0.5) is 14.5 Å². The zero-order valence-corrected chi connectivity index (χ0v) is 14.4. The van der Waals surface area contributed by atoms with E-state index in [9.17, 15) is 22.0 Å². The number of fused-ring (bicyclic) bond motifs is 1. The first-order valence-corrected chi connectivity index (χ1v) is 9.33. The van der Waals surface area contributed by atoms with Crippen molar-refractivity contribution >= 4 is 32.6 Å². The lowest BCUT2D eigenvalue weighted by Crippen LogP contribution is -2.17. The second-order valence-corrected chi connectivity index (χ2v) is 7.45. The van der Waals surface area contributed by atoms with E-state index in [2.05, 4.69) is 9.71 Å². The predicted molar refractivity (Wildman–Crippen MR) is 91.5 cm³/mol. The van der Waals surface area contributed by atoms with Crippen molar-refractivity contribution in [3.63, 3.8) is 0 Å². The molecule has 0 amide bonds. The first-order valence-electron chi connectivity index (χ1n) is 7.68. The normalized spacial score (nSPS) is 11.7. The van der Waals surface area contributed by atoms with E-state index in [0.29, 0.717) is 23.6 Å². The van der Waals surface area contributed by atoms with Crippen molar-refractivity contribution < 1.29 is 26.4 Å². The third-order valence-corrected chi connectivity index (χ3v) is 5.10. The maximum atomic E-state index is 14.1. The third kappa shape index (κ3) is 3.57. The minimum Gasteiger partial charge on any atom is -0.443 e. The van der Waals surface area contributed by atoms with Crippen molar-refractivity contribution in [3.05, 3.63) is 59.5 Å². The molecule has 0 aliphatic carbocycles. The largest absolute Gasteiger partial charge is 0.443 e. The Bertz CT molecular complexity index is 1090. The topological polar surface area (TPSA) is 89.3 Å². The van der Waals surface area contributed by atoms with Gasteiger partial charge in [0.2, 0.25) is 10.0 Å². The van der Waals surface area contributed by atoms with Crippen LogP contribution < -0.4 is 4.72 Å². The minimum atomic E-state index is -3.72. The van der Waals surface area contributed by atoms with Crippen LogP contribution in [0, 0.1) is 11.6 Å². The molecule has 1 heterocycles. The summed E-state index contributed by atoms with van der Waals surface area (Å²) >= 11 is 0. The first-order chi connectivity index (χ1) is 12.3. The van der Waals surface area contributed by atoms with Crippen LogP contribution in [0.2, 0.25) is 0 Å². The van der Waals surface area contributed by atoms with E-state index in [1.165, 1.54) is 24.6 Å². The molecule has 3 aromatic rings. The third-order valence-electron chi connectivity index (χ3n) is 3.61. The van der Waals surface area contributed by atoms with Crippen LogP contribution in [-0.2, 0) is 10.0 Å². The molecule has 2 aromatic carbocycles. The fourth-order valence-electron chi connectivity index (χ4n) is 2.46. The van der Waals surface area contributed by atoms with Crippen LogP contribution in [0.5, 0.6) is 0 Å². The van der Waals surface area contributed by atoms with Gasteiger partial charge >= 0.3 is 0 Å². The number of carbonyl (C=O) groups excluding carboxylic acids is 1. The molecule has 0 bridgehead atoms. The Hall–Kier alpha value is -2.81. The molecule has 0 atom stereocenters. The number of nitrogens with zero attached hydrogens (tertiary/aromatic N) is 1. The molecule has 1 aromatic heterocycles. The van der Waals surface area contributed by atoms with E-state index in [4.69, 9.17) is 4.42 Å². The molecule has 3 rings (SSSR count). The summed E-state index contributed by atoms with van der Waals surface area (Å²) < 4.78 is 58.9. The maximum absolute atomic E-state index is 14.1. The number of oxazole rings is 1. The van der Waals surface area contributed by atoms with Crippen LogP contribution in [-0.4, -0.2) is 24.9 Å². The number of anilines is 1. The fraction of sp³-hybridized carbons (Fsp3) is 0.176. The van der Waals surface area contributed by atoms with E-state index in [1.807, 2.05) is 0 Å². The Kier molecular flexibility index (Phi) is 4.73. The Morgan fingerprint density at radius 2 is 2.00 bits per heavy atom. The summed E-state index contributed by atoms with van der Waals surface area (Å²) in [6.45, 7) is 1.67. The van der Waals surface area contributed by atoms with Gasteiger partial charge in [-0.15, -0.1) is 0 Å². The molecular weight excluding hydrogens is 366 g/mol. The molecule has 26 heavy (non-hydrogen) atoms. The second kappa shape index (κ2) is 6.83. The van der Waals surface area contributed by atoms with Crippen molar-refractivity contribution in [2.45, 2.75) is 13.3 Å². The van der Waals surface area contributed by atoms with Crippen LogP contribution >= 0.6 is 0 Å². The maximum Gasteiger partial charge on any atom is 0.232 e. The van der Waals surface area contributed by atoms with Gasteiger partial charge in [-0.3, -0.25) is 9.52 Å². The molecule has 0 aliphatic rings. The number of ketones is 1. The molecule has 0 spiro atoms.